The van der Waals surface area contributed by atoms with Crippen LogP contribution in [0.5, 0.6) is 5.75 Å². The van der Waals surface area contributed by atoms with Crippen molar-refractivity contribution in [3.8, 4) is 5.75 Å². The summed E-state index contributed by atoms with van der Waals surface area (Å²) in [6.07, 6.45) is 5.49. The van der Waals surface area contributed by atoms with Crippen molar-refractivity contribution in [2.75, 3.05) is 6.61 Å². The van der Waals surface area contributed by atoms with Crippen LogP contribution in [0.15, 0.2) is 48.5 Å². The van der Waals surface area contributed by atoms with E-state index in [-0.39, 0.29) is 30.4 Å². The molecule has 1 aliphatic carbocycles. The Hall–Kier alpha value is -2.53. The van der Waals surface area contributed by atoms with Gasteiger partial charge >= 0.3 is 0 Å². The third-order valence-electron chi connectivity index (χ3n) is 6.28. The van der Waals surface area contributed by atoms with Crippen LogP contribution in [0.4, 0.5) is 0 Å². The molecule has 0 radical (unpaired) electrons. The van der Waals surface area contributed by atoms with Crippen molar-refractivity contribution in [3.05, 3.63) is 64.7 Å². The molecule has 1 atom stereocenters. The van der Waals surface area contributed by atoms with Crippen LogP contribution in [0, 0.1) is 0 Å². The number of ether oxygens (including phenoxy) is 1. The van der Waals surface area contributed by atoms with Crippen molar-refractivity contribution in [2.45, 2.75) is 77.4 Å². The van der Waals surface area contributed by atoms with Gasteiger partial charge in [-0.3, -0.25) is 9.59 Å². The van der Waals surface area contributed by atoms with Gasteiger partial charge in [-0.25, -0.2) is 0 Å². The van der Waals surface area contributed by atoms with Gasteiger partial charge in [0, 0.05) is 17.6 Å². The van der Waals surface area contributed by atoms with Crippen LogP contribution < -0.4 is 10.1 Å². The Morgan fingerprint density at radius 3 is 2.36 bits per heavy atom. The molecular formula is C27H35ClN2O3. The maximum Gasteiger partial charge on any atom is 0.261 e. The van der Waals surface area contributed by atoms with Gasteiger partial charge in [0.2, 0.25) is 5.91 Å². The Morgan fingerprint density at radius 1 is 1.03 bits per heavy atom. The van der Waals surface area contributed by atoms with Crippen LogP contribution in [0.1, 0.15) is 69.9 Å². The SMILES string of the molecule is CC(C)c1ccccc1OCC(=O)N(Cc1ccc(Cl)cc1)C(C)C(=O)NC1CCCCC1. The summed E-state index contributed by atoms with van der Waals surface area (Å²) in [5, 5.41) is 3.78. The normalized spacial score (nSPS) is 15.2. The van der Waals surface area contributed by atoms with Gasteiger partial charge in [-0.1, -0.05) is 75.0 Å². The van der Waals surface area contributed by atoms with Crippen molar-refractivity contribution >= 4 is 23.4 Å². The van der Waals surface area contributed by atoms with E-state index in [2.05, 4.69) is 19.2 Å². The van der Waals surface area contributed by atoms with E-state index in [1.54, 1.807) is 24.0 Å². The largest absolute Gasteiger partial charge is 0.483 e. The lowest BCUT2D eigenvalue weighted by molar-refractivity contribution is -0.142. The van der Waals surface area contributed by atoms with Gasteiger partial charge < -0.3 is 15.0 Å². The summed E-state index contributed by atoms with van der Waals surface area (Å²) in [7, 11) is 0. The van der Waals surface area contributed by atoms with Crippen molar-refractivity contribution in [3.63, 3.8) is 0 Å². The molecule has 3 rings (SSSR count). The van der Waals surface area contributed by atoms with Crippen LogP contribution in [-0.4, -0.2) is 35.4 Å². The smallest absolute Gasteiger partial charge is 0.261 e. The second kappa shape index (κ2) is 12.1. The van der Waals surface area contributed by atoms with Crippen molar-refractivity contribution in [1.82, 2.24) is 10.2 Å². The Kier molecular flexibility index (Phi) is 9.19. The van der Waals surface area contributed by atoms with Gasteiger partial charge in [0.25, 0.3) is 5.91 Å². The minimum atomic E-state index is -0.612. The number of nitrogens with one attached hydrogen (secondary N) is 1. The van der Waals surface area contributed by atoms with Gasteiger partial charge in [-0.2, -0.15) is 0 Å². The third-order valence-corrected chi connectivity index (χ3v) is 6.53. The Balaban J connectivity index is 1.73. The summed E-state index contributed by atoms with van der Waals surface area (Å²) in [5.41, 5.74) is 1.96. The van der Waals surface area contributed by atoms with Gasteiger partial charge in [-0.15, -0.1) is 0 Å². The molecule has 178 valence electrons. The molecule has 0 bridgehead atoms. The number of carbonyl (C=O) groups is 2. The van der Waals surface area contributed by atoms with Crippen molar-refractivity contribution in [1.29, 1.82) is 0 Å². The summed E-state index contributed by atoms with van der Waals surface area (Å²) in [6.45, 7) is 6.15. The fourth-order valence-corrected chi connectivity index (χ4v) is 4.38. The molecule has 1 aliphatic rings. The quantitative estimate of drug-likeness (QED) is 0.510. The monoisotopic (exact) mass is 470 g/mol. The Morgan fingerprint density at radius 2 is 1.70 bits per heavy atom. The van der Waals surface area contributed by atoms with Crippen LogP contribution in [0.3, 0.4) is 0 Å². The zero-order valence-corrected chi connectivity index (χ0v) is 20.6. The Labute approximate surface area is 202 Å². The minimum absolute atomic E-state index is 0.119. The van der Waals surface area contributed by atoms with Gasteiger partial charge in [0.05, 0.1) is 0 Å². The highest BCUT2D eigenvalue weighted by Gasteiger charge is 2.28. The molecule has 6 heteroatoms. The van der Waals surface area contributed by atoms with E-state index < -0.39 is 6.04 Å². The average Bonchev–Trinajstić information content (AvgIpc) is 2.82. The molecule has 1 saturated carbocycles. The predicted octanol–water partition coefficient (Wildman–Crippen LogP) is 5.71. The fourth-order valence-electron chi connectivity index (χ4n) is 4.25. The lowest BCUT2D eigenvalue weighted by Gasteiger charge is -2.31. The number of para-hydroxylation sites is 1. The van der Waals surface area contributed by atoms with Crippen LogP contribution in [0.2, 0.25) is 5.02 Å². The van der Waals surface area contributed by atoms with E-state index in [0.717, 1.165) is 36.8 Å². The highest BCUT2D eigenvalue weighted by Crippen LogP contribution is 2.26. The van der Waals surface area contributed by atoms with Crippen molar-refractivity contribution < 1.29 is 14.3 Å². The molecule has 2 amide bonds. The molecule has 0 heterocycles. The van der Waals surface area contributed by atoms with E-state index in [4.69, 9.17) is 16.3 Å². The van der Waals surface area contributed by atoms with Crippen LogP contribution in [0.25, 0.3) is 0 Å². The summed E-state index contributed by atoms with van der Waals surface area (Å²) < 4.78 is 5.93. The van der Waals surface area contributed by atoms with Crippen LogP contribution in [-0.2, 0) is 16.1 Å². The molecular weight excluding hydrogens is 436 g/mol. The standard InChI is InChI=1S/C27H35ClN2O3/c1-19(2)24-11-7-8-12-25(24)33-18-26(31)30(17-21-13-15-22(28)16-14-21)20(3)27(32)29-23-9-5-4-6-10-23/h7-8,11-16,19-20,23H,4-6,9-10,17-18H2,1-3H3,(H,29,32). The molecule has 0 saturated heterocycles. The van der Waals surface area contributed by atoms with Gasteiger partial charge in [-0.05, 0) is 55.0 Å². The second-order valence-corrected chi connectivity index (χ2v) is 9.59. The topological polar surface area (TPSA) is 58.6 Å². The fraction of sp³-hybridized carbons (Fsp3) is 0.481. The molecule has 1 unspecified atom stereocenters. The number of hydrogen-bond acceptors (Lipinski definition) is 3. The van der Waals surface area contributed by atoms with Crippen LogP contribution >= 0.6 is 11.6 Å². The lowest BCUT2D eigenvalue weighted by Crippen LogP contribution is -2.51. The van der Waals surface area contributed by atoms with Gasteiger partial charge in [0.1, 0.15) is 11.8 Å². The molecule has 2 aromatic carbocycles. The number of nitrogens with zero attached hydrogens (tertiary/aromatic N) is 1. The first-order chi connectivity index (χ1) is 15.8. The molecule has 2 aromatic rings. The van der Waals surface area contributed by atoms with E-state index in [1.165, 1.54) is 6.42 Å². The van der Waals surface area contributed by atoms with Gasteiger partial charge in [0.15, 0.2) is 6.61 Å². The molecule has 33 heavy (non-hydrogen) atoms. The summed E-state index contributed by atoms with van der Waals surface area (Å²) in [4.78, 5) is 28.0. The average molecular weight is 471 g/mol. The number of benzene rings is 2. The summed E-state index contributed by atoms with van der Waals surface area (Å²) >= 11 is 6.03. The number of halogens is 1. The first-order valence-electron chi connectivity index (χ1n) is 11.9. The molecule has 0 spiro atoms. The molecule has 0 aromatic heterocycles. The molecule has 1 N–H and O–H groups in total. The Bertz CT molecular complexity index is 923. The van der Waals surface area contributed by atoms with E-state index in [0.29, 0.717) is 17.3 Å². The highest BCUT2D eigenvalue weighted by molar-refractivity contribution is 6.30. The first-order valence-corrected chi connectivity index (χ1v) is 12.3. The molecule has 1 fully saturated rings. The maximum atomic E-state index is 13.3. The molecule has 0 aliphatic heterocycles. The summed E-state index contributed by atoms with van der Waals surface area (Å²) in [6, 6.07) is 14.7. The molecule has 5 nitrogen and oxygen atoms in total. The maximum absolute atomic E-state index is 13.3. The van der Waals surface area contributed by atoms with E-state index in [1.807, 2.05) is 36.4 Å². The lowest BCUT2D eigenvalue weighted by atomic mass is 9.95. The summed E-state index contributed by atoms with van der Waals surface area (Å²) in [5.74, 6) is 0.634. The third kappa shape index (κ3) is 7.23. The minimum Gasteiger partial charge on any atom is -0.483 e. The zero-order valence-electron chi connectivity index (χ0n) is 19.9. The van der Waals surface area contributed by atoms with E-state index in [9.17, 15) is 9.59 Å². The van der Waals surface area contributed by atoms with E-state index >= 15 is 0 Å². The first kappa shape index (κ1) is 25.1. The van der Waals surface area contributed by atoms with Crippen molar-refractivity contribution in [2.24, 2.45) is 0 Å². The predicted molar refractivity (Wildman–Crippen MR) is 133 cm³/mol. The number of amides is 2. The number of rotatable bonds is 9. The number of hydrogen-bond donors (Lipinski definition) is 1. The number of carbonyl (C=O) groups excluding carboxylic acids is 2. The highest BCUT2D eigenvalue weighted by atomic mass is 35.5. The second-order valence-electron chi connectivity index (χ2n) is 9.15. The zero-order chi connectivity index (χ0) is 23.8.